The van der Waals surface area contributed by atoms with Crippen LogP contribution in [0.2, 0.25) is 0 Å². The molecule has 1 N–H and O–H groups in total. The van der Waals surface area contributed by atoms with Crippen LogP contribution in [0.5, 0.6) is 0 Å². The molecule has 1 fully saturated rings. The van der Waals surface area contributed by atoms with E-state index in [-0.39, 0.29) is 24.3 Å². The summed E-state index contributed by atoms with van der Waals surface area (Å²) in [6.45, 7) is 3.16. The molecular formula is C19H21N5O3S2. The van der Waals surface area contributed by atoms with Gasteiger partial charge < -0.3 is 14.7 Å². The van der Waals surface area contributed by atoms with Gasteiger partial charge in [-0.2, -0.15) is 4.98 Å². The molecule has 1 aliphatic heterocycles. The standard InChI is InChI=1S/C19H21N5O3S2/c1-12-21-16(27-23-12)10-20-18(26)13-6-8-24(9-7-13)17(25)11-28-19-22-14-4-2-3-5-15(14)29-19/h2-5,13H,6-11H2,1H3,(H,20,26). The molecule has 0 unspecified atom stereocenters. The lowest BCUT2D eigenvalue weighted by molar-refractivity contribution is -0.133. The van der Waals surface area contributed by atoms with Crippen LogP contribution in [0.15, 0.2) is 33.1 Å². The van der Waals surface area contributed by atoms with Crippen molar-refractivity contribution in [3.05, 3.63) is 36.0 Å². The third-order valence-electron chi connectivity index (χ3n) is 4.80. The number of carbonyl (C=O) groups excluding carboxylic acids is 2. The Morgan fingerprint density at radius 3 is 2.79 bits per heavy atom. The van der Waals surface area contributed by atoms with E-state index in [1.807, 2.05) is 29.2 Å². The fourth-order valence-electron chi connectivity index (χ4n) is 3.24. The van der Waals surface area contributed by atoms with E-state index in [1.165, 1.54) is 11.8 Å². The number of para-hydroxylation sites is 1. The summed E-state index contributed by atoms with van der Waals surface area (Å²) >= 11 is 3.08. The predicted octanol–water partition coefficient (Wildman–Crippen LogP) is 2.63. The molecule has 0 bridgehead atoms. The molecule has 1 saturated heterocycles. The highest BCUT2D eigenvalue weighted by Gasteiger charge is 2.27. The number of piperidine rings is 1. The highest BCUT2D eigenvalue weighted by molar-refractivity contribution is 8.01. The van der Waals surface area contributed by atoms with Crippen LogP contribution >= 0.6 is 23.1 Å². The van der Waals surface area contributed by atoms with Gasteiger partial charge in [0.2, 0.25) is 17.7 Å². The number of nitrogens with one attached hydrogen (secondary N) is 1. The van der Waals surface area contributed by atoms with Gasteiger partial charge in [-0.1, -0.05) is 29.1 Å². The number of likely N-dealkylation sites (tertiary alicyclic amines) is 1. The molecule has 0 atom stereocenters. The van der Waals surface area contributed by atoms with Crippen molar-refractivity contribution in [2.45, 2.75) is 30.6 Å². The zero-order valence-corrected chi connectivity index (χ0v) is 17.6. The Labute approximate surface area is 176 Å². The minimum atomic E-state index is -0.0972. The van der Waals surface area contributed by atoms with Crippen molar-refractivity contribution in [2.75, 3.05) is 18.8 Å². The van der Waals surface area contributed by atoms with Gasteiger partial charge in [-0.05, 0) is 31.9 Å². The van der Waals surface area contributed by atoms with E-state index >= 15 is 0 Å². The average Bonchev–Trinajstić information content (AvgIpc) is 3.35. The minimum Gasteiger partial charge on any atom is -0.347 e. The smallest absolute Gasteiger partial charge is 0.246 e. The van der Waals surface area contributed by atoms with Gasteiger partial charge in [-0.15, -0.1) is 11.3 Å². The van der Waals surface area contributed by atoms with Gasteiger partial charge in [0.15, 0.2) is 10.2 Å². The van der Waals surface area contributed by atoms with Gasteiger partial charge >= 0.3 is 0 Å². The molecule has 3 heterocycles. The molecular weight excluding hydrogens is 410 g/mol. The maximum absolute atomic E-state index is 12.5. The number of hydrogen-bond donors (Lipinski definition) is 1. The average molecular weight is 432 g/mol. The van der Waals surface area contributed by atoms with Gasteiger partial charge in [0, 0.05) is 19.0 Å². The molecule has 2 amide bonds. The van der Waals surface area contributed by atoms with Crippen LogP contribution in [-0.2, 0) is 16.1 Å². The number of amides is 2. The number of carbonyl (C=O) groups is 2. The van der Waals surface area contributed by atoms with Crippen molar-refractivity contribution in [3.63, 3.8) is 0 Å². The highest BCUT2D eigenvalue weighted by Crippen LogP contribution is 2.29. The fraction of sp³-hybridized carbons (Fsp3) is 0.421. The molecule has 1 aromatic carbocycles. The Bertz CT molecular complexity index is 977. The molecule has 4 rings (SSSR count). The molecule has 0 radical (unpaired) electrons. The Morgan fingerprint density at radius 2 is 2.07 bits per heavy atom. The molecule has 3 aromatic rings. The van der Waals surface area contributed by atoms with Crippen LogP contribution in [0.25, 0.3) is 10.2 Å². The summed E-state index contributed by atoms with van der Waals surface area (Å²) in [6.07, 6.45) is 1.32. The van der Waals surface area contributed by atoms with E-state index in [2.05, 4.69) is 20.4 Å². The van der Waals surface area contributed by atoms with E-state index in [0.29, 0.717) is 43.4 Å². The van der Waals surface area contributed by atoms with Crippen LogP contribution in [-0.4, -0.2) is 50.7 Å². The first-order valence-corrected chi connectivity index (χ1v) is 11.2. The summed E-state index contributed by atoms with van der Waals surface area (Å²) < 4.78 is 7.03. The van der Waals surface area contributed by atoms with Crippen LogP contribution in [0.1, 0.15) is 24.6 Å². The number of hydrogen-bond acceptors (Lipinski definition) is 8. The minimum absolute atomic E-state index is 0.0307. The molecule has 2 aromatic heterocycles. The second-order valence-electron chi connectivity index (χ2n) is 6.84. The molecule has 0 aliphatic carbocycles. The fourth-order valence-corrected chi connectivity index (χ4v) is 5.21. The topological polar surface area (TPSA) is 101 Å². The van der Waals surface area contributed by atoms with Crippen molar-refractivity contribution in [1.82, 2.24) is 25.3 Å². The van der Waals surface area contributed by atoms with Crippen LogP contribution in [0, 0.1) is 12.8 Å². The maximum Gasteiger partial charge on any atom is 0.246 e. The highest BCUT2D eigenvalue weighted by atomic mass is 32.2. The van der Waals surface area contributed by atoms with Crippen molar-refractivity contribution < 1.29 is 14.1 Å². The van der Waals surface area contributed by atoms with Crippen LogP contribution in [0.4, 0.5) is 0 Å². The largest absolute Gasteiger partial charge is 0.347 e. The van der Waals surface area contributed by atoms with Crippen molar-refractivity contribution in [3.8, 4) is 0 Å². The third kappa shape index (κ3) is 4.94. The zero-order chi connectivity index (χ0) is 20.2. The first-order chi connectivity index (χ1) is 14.1. The van der Waals surface area contributed by atoms with Gasteiger partial charge in [-0.25, -0.2) is 4.98 Å². The molecule has 0 spiro atoms. The summed E-state index contributed by atoms with van der Waals surface area (Å²) in [7, 11) is 0. The number of thiazole rings is 1. The number of nitrogens with zero attached hydrogens (tertiary/aromatic N) is 4. The van der Waals surface area contributed by atoms with Crippen LogP contribution in [0.3, 0.4) is 0 Å². The van der Waals surface area contributed by atoms with E-state index in [0.717, 1.165) is 14.6 Å². The second kappa shape index (κ2) is 8.91. The molecule has 1 aliphatic rings. The Hall–Kier alpha value is -2.46. The molecule has 10 heteroatoms. The van der Waals surface area contributed by atoms with E-state index in [1.54, 1.807) is 18.3 Å². The predicted molar refractivity (Wildman–Crippen MR) is 111 cm³/mol. The van der Waals surface area contributed by atoms with E-state index in [4.69, 9.17) is 4.52 Å². The monoisotopic (exact) mass is 431 g/mol. The van der Waals surface area contributed by atoms with Gasteiger partial charge in [0.25, 0.3) is 0 Å². The quantitative estimate of drug-likeness (QED) is 0.599. The molecule has 8 nitrogen and oxygen atoms in total. The summed E-state index contributed by atoms with van der Waals surface area (Å²) in [5.74, 6) is 1.28. The number of aryl methyl sites for hydroxylation is 1. The first kappa shape index (κ1) is 19.8. The van der Waals surface area contributed by atoms with E-state index in [9.17, 15) is 9.59 Å². The van der Waals surface area contributed by atoms with Gasteiger partial charge in [0.1, 0.15) is 0 Å². The third-order valence-corrected chi connectivity index (χ3v) is 6.96. The lowest BCUT2D eigenvalue weighted by Crippen LogP contribution is -2.43. The molecule has 0 saturated carbocycles. The Morgan fingerprint density at radius 1 is 1.28 bits per heavy atom. The lowest BCUT2D eigenvalue weighted by Gasteiger charge is -2.31. The van der Waals surface area contributed by atoms with Crippen LogP contribution < -0.4 is 5.32 Å². The van der Waals surface area contributed by atoms with Crippen molar-refractivity contribution in [2.24, 2.45) is 5.92 Å². The second-order valence-corrected chi connectivity index (χ2v) is 9.10. The number of aromatic nitrogens is 3. The lowest BCUT2D eigenvalue weighted by atomic mass is 9.96. The summed E-state index contributed by atoms with van der Waals surface area (Å²) in [5.41, 5.74) is 0.968. The Balaban J connectivity index is 1.21. The summed E-state index contributed by atoms with van der Waals surface area (Å²) in [4.78, 5) is 35.3. The van der Waals surface area contributed by atoms with Gasteiger partial charge in [0.05, 0.1) is 22.5 Å². The number of thioether (sulfide) groups is 1. The molecule has 29 heavy (non-hydrogen) atoms. The summed E-state index contributed by atoms with van der Waals surface area (Å²) in [6, 6.07) is 7.97. The van der Waals surface area contributed by atoms with Crippen molar-refractivity contribution >= 4 is 45.1 Å². The SMILES string of the molecule is Cc1noc(CNC(=O)C2CCN(C(=O)CSc3nc4ccccc4s3)CC2)n1. The number of fused-ring (bicyclic) bond motifs is 1. The Kier molecular flexibility index (Phi) is 6.10. The van der Waals surface area contributed by atoms with Crippen molar-refractivity contribution in [1.29, 1.82) is 0 Å². The zero-order valence-electron chi connectivity index (χ0n) is 16.0. The van der Waals surface area contributed by atoms with Gasteiger partial charge in [-0.3, -0.25) is 9.59 Å². The van der Waals surface area contributed by atoms with E-state index < -0.39 is 0 Å². The summed E-state index contributed by atoms with van der Waals surface area (Å²) in [5, 5.41) is 6.54. The molecule has 152 valence electrons. The first-order valence-electron chi connectivity index (χ1n) is 9.41. The maximum atomic E-state index is 12.5. The number of rotatable bonds is 6. The number of benzene rings is 1. The normalized spacial score (nSPS) is 15.0.